The van der Waals surface area contributed by atoms with Crippen LogP contribution in [-0.2, 0) is 11.3 Å². The van der Waals surface area contributed by atoms with E-state index in [1.165, 1.54) is 17.0 Å². The molecule has 24 heavy (non-hydrogen) atoms. The molecule has 0 radical (unpaired) electrons. The maximum absolute atomic E-state index is 13.0. The number of amides is 1. The number of carbonyl (C=O) groups excluding carboxylic acids is 1. The van der Waals surface area contributed by atoms with Crippen LogP contribution in [0.5, 0.6) is 0 Å². The molecule has 124 valence electrons. The molecule has 3 rings (SSSR count). The monoisotopic (exact) mass is 341 g/mol. The van der Waals surface area contributed by atoms with E-state index in [1.807, 2.05) is 41.5 Å². The minimum Gasteiger partial charge on any atom is -0.332 e. The fraction of sp³-hybridized carbons (Fsp3) is 0.250. The van der Waals surface area contributed by atoms with E-state index in [9.17, 15) is 9.18 Å². The van der Waals surface area contributed by atoms with Gasteiger partial charge in [0, 0.05) is 23.6 Å². The standard InChI is InChI=1S/C20H20FNOS/c1-24-19-11-4-15(5-12-19)6-13-20(23)22(18-9-10-18)14-16-2-7-17(21)8-3-16/h2-8,11-13,18H,9-10,14H2,1H3/b13-6+. The Labute approximate surface area is 146 Å². The van der Waals surface area contributed by atoms with Gasteiger partial charge in [0.15, 0.2) is 0 Å². The first-order valence-corrected chi connectivity index (χ1v) is 9.25. The van der Waals surface area contributed by atoms with E-state index >= 15 is 0 Å². The van der Waals surface area contributed by atoms with E-state index in [1.54, 1.807) is 30.0 Å². The van der Waals surface area contributed by atoms with Gasteiger partial charge in [0.1, 0.15) is 5.82 Å². The second kappa shape index (κ2) is 7.67. The van der Waals surface area contributed by atoms with Crippen LogP contribution in [0.2, 0.25) is 0 Å². The molecule has 0 N–H and O–H groups in total. The van der Waals surface area contributed by atoms with E-state index in [2.05, 4.69) is 0 Å². The maximum atomic E-state index is 13.0. The van der Waals surface area contributed by atoms with Crippen LogP contribution in [0.15, 0.2) is 59.5 Å². The molecule has 0 heterocycles. The number of halogens is 1. The van der Waals surface area contributed by atoms with Crippen molar-refractivity contribution >= 4 is 23.7 Å². The molecule has 0 bridgehead atoms. The zero-order valence-electron chi connectivity index (χ0n) is 13.6. The van der Waals surface area contributed by atoms with Crippen molar-refractivity contribution in [2.75, 3.05) is 6.26 Å². The third-order valence-corrected chi connectivity index (χ3v) is 4.81. The van der Waals surface area contributed by atoms with E-state index in [4.69, 9.17) is 0 Å². The Morgan fingerprint density at radius 1 is 1.17 bits per heavy atom. The Balaban J connectivity index is 1.67. The molecular formula is C20H20FNOS. The van der Waals surface area contributed by atoms with Crippen molar-refractivity contribution in [3.63, 3.8) is 0 Å². The lowest BCUT2D eigenvalue weighted by Gasteiger charge is -2.21. The molecule has 0 spiro atoms. The Hall–Kier alpha value is -2.07. The first kappa shape index (κ1) is 16.8. The van der Waals surface area contributed by atoms with Crippen molar-refractivity contribution in [3.05, 3.63) is 71.6 Å². The highest BCUT2D eigenvalue weighted by molar-refractivity contribution is 7.98. The van der Waals surface area contributed by atoms with Gasteiger partial charge in [0.2, 0.25) is 5.91 Å². The van der Waals surface area contributed by atoms with Crippen molar-refractivity contribution < 1.29 is 9.18 Å². The van der Waals surface area contributed by atoms with Gasteiger partial charge in [-0.25, -0.2) is 4.39 Å². The molecule has 1 fully saturated rings. The third kappa shape index (κ3) is 4.48. The number of hydrogen-bond acceptors (Lipinski definition) is 2. The van der Waals surface area contributed by atoms with E-state index < -0.39 is 0 Å². The normalized spacial score (nSPS) is 14.1. The Morgan fingerprint density at radius 3 is 2.42 bits per heavy atom. The zero-order valence-corrected chi connectivity index (χ0v) is 14.4. The number of carbonyl (C=O) groups is 1. The first-order chi connectivity index (χ1) is 11.7. The summed E-state index contributed by atoms with van der Waals surface area (Å²) in [5.74, 6) is -0.243. The Bertz CT molecular complexity index is 720. The largest absolute Gasteiger partial charge is 0.332 e. The summed E-state index contributed by atoms with van der Waals surface area (Å²) in [5, 5.41) is 0. The topological polar surface area (TPSA) is 20.3 Å². The lowest BCUT2D eigenvalue weighted by Crippen LogP contribution is -2.31. The van der Waals surface area contributed by atoms with Crippen molar-refractivity contribution in [1.29, 1.82) is 0 Å². The molecular weight excluding hydrogens is 321 g/mol. The predicted octanol–water partition coefficient (Wildman–Crippen LogP) is 4.75. The van der Waals surface area contributed by atoms with Crippen LogP contribution in [-0.4, -0.2) is 23.1 Å². The average Bonchev–Trinajstić information content (AvgIpc) is 3.44. The highest BCUT2D eigenvalue weighted by Gasteiger charge is 2.31. The summed E-state index contributed by atoms with van der Waals surface area (Å²) in [5.41, 5.74) is 1.97. The summed E-state index contributed by atoms with van der Waals surface area (Å²) in [6, 6.07) is 14.8. The fourth-order valence-corrected chi connectivity index (χ4v) is 2.95. The third-order valence-electron chi connectivity index (χ3n) is 4.07. The quantitative estimate of drug-likeness (QED) is 0.558. The summed E-state index contributed by atoms with van der Waals surface area (Å²) in [7, 11) is 0. The van der Waals surface area contributed by atoms with Gasteiger partial charge in [-0.05, 0) is 60.6 Å². The van der Waals surface area contributed by atoms with Gasteiger partial charge >= 0.3 is 0 Å². The fourth-order valence-electron chi connectivity index (χ4n) is 2.54. The molecule has 1 amide bonds. The number of thioether (sulfide) groups is 1. The summed E-state index contributed by atoms with van der Waals surface area (Å²) in [6.45, 7) is 0.527. The minimum atomic E-state index is -0.253. The summed E-state index contributed by atoms with van der Waals surface area (Å²) in [6.07, 6.45) is 7.62. The molecule has 2 nitrogen and oxygen atoms in total. The molecule has 0 aliphatic heterocycles. The number of rotatable bonds is 6. The molecule has 4 heteroatoms. The van der Waals surface area contributed by atoms with Crippen LogP contribution >= 0.6 is 11.8 Å². The summed E-state index contributed by atoms with van der Waals surface area (Å²) in [4.78, 5) is 15.6. The molecule has 2 aromatic rings. The Kier molecular flexibility index (Phi) is 5.36. The van der Waals surface area contributed by atoms with Gasteiger partial charge < -0.3 is 4.90 Å². The molecule has 0 aromatic heterocycles. The molecule has 1 aliphatic carbocycles. The van der Waals surface area contributed by atoms with Gasteiger partial charge in [-0.1, -0.05) is 24.3 Å². The number of benzene rings is 2. The van der Waals surface area contributed by atoms with Crippen molar-refractivity contribution in [2.45, 2.75) is 30.3 Å². The number of nitrogens with zero attached hydrogens (tertiary/aromatic N) is 1. The van der Waals surface area contributed by atoms with Crippen molar-refractivity contribution in [2.24, 2.45) is 0 Å². The van der Waals surface area contributed by atoms with Crippen molar-refractivity contribution in [1.82, 2.24) is 4.90 Å². The second-order valence-corrected chi connectivity index (χ2v) is 6.81. The minimum absolute atomic E-state index is 0.00997. The van der Waals surface area contributed by atoms with Crippen LogP contribution in [0, 0.1) is 5.82 Å². The smallest absolute Gasteiger partial charge is 0.247 e. The summed E-state index contributed by atoms with van der Waals surface area (Å²) >= 11 is 1.70. The van der Waals surface area contributed by atoms with Gasteiger partial charge in [-0.2, -0.15) is 0 Å². The molecule has 0 atom stereocenters. The van der Waals surface area contributed by atoms with Crippen LogP contribution in [0.25, 0.3) is 6.08 Å². The number of hydrogen-bond donors (Lipinski definition) is 0. The van der Waals surface area contributed by atoms with Crippen LogP contribution in [0.3, 0.4) is 0 Å². The van der Waals surface area contributed by atoms with Crippen molar-refractivity contribution in [3.8, 4) is 0 Å². The first-order valence-electron chi connectivity index (χ1n) is 8.03. The molecule has 2 aromatic carbocycles. The zero-order chi connectivity index (χ0) is 16.9. The highest BCUT2D eigenvalue weighted by Crippen LogP contribution is 2.29. The molecule has 0 unspecified atom stereocenters. The van der Waals surface area contributed by atoms with E-state index in [0.717, 1.165) is 24.0 Å². The van der Waals surface area contributed by atoms with Gasteiger partial charge in [0.25, 0.3) is 0 Å². The summed E-state index contributed by atoms with van der Waals surface area (Å²) < 4.78 is 13.0. The van der Waals surface area contributed by atoms with Gasteiger partial charge in [0.05, 0.1) is 0 Å². The van der Waals surface area contributed by atoms with Gasteiger partial charge in [-0.15, -0.1) is 11.8 Å². The second-order valence-electron chi connectivity index (χ2n) is 5.93. The highest BCUT2D eigenvalue weighted by atomic mass is 32.2. The van der Waals surface area contributed by atoms with Crippen LogP contribution < -0.4 is 0 Å². The van der Waals surface area contributed by atoms with Gasteiger partial charge in [-0.3, -0.25) is 4.79 Å². The molecule has 1 aliphatic rings. The van der Waals surface area contributed by atoms with Crippen LogP contribution in [0.4, 0.5) is 4.39 Å². The molecule has 1 saturated carbocycles. The van der Waals surface area contributed by atoms with Crippen LogP contribution in [0.1, 0.15) is 24.0 Å². The average molecular weight is 341 g/mol. The van der Waals surface area contributed by atoms with E-state index in [-0.39, 0.29) is 11.7 Å². The maximum Gasteiger partial charge on any atom is 0.247 e. The van der Waals surface area contributed by atoms with E-state index in [0.29, 0.717) is 12.6 Å². The Morgan fingerprint density at radius 2 is 1.83 bits per heavy atom. The SMILES string of the molecule is CSc1ccc(/C=C/C(=O)N(Cc2ccc(F)cc2)C2CC2)cc1. The predicted molar refractivity (Wildman–Crippen MR) is 97.2 cm³/mol. The molecule has 0 saturated heterocycles. The lowest BCUT2D eigenvalue weighted by atomic mass is 10.2. The lowest BCUT2D eigenvalue weighted by molar-refractivity contribution is -0.127.